The number of ether oxygens (including phenoxy) is 3. The first-order chi connectivity index (χ1) is 22.4. The number of hydrogen-bond acceptors (Lipinski definition) is 10. The van der Waals surface area contributed by atoms with Crippen LogP contribution in [0.3, 0.4) is 0 Å². The number of nitrogens with zero attached hydrogens (tertiary/aromatic N) is 5. The van der Waals surface area contributed by atoms with E-state index >= 15 is 0 Å². The van der Waals surface area contributed by atoms with Crippen LogP contribution in [0.15, 0.2) is 59.0 Å². The normalized spacial score (nSPS) is 12.1. The summed E-state index contributed by atoms with van der Waals surface area (Å²) in [4.78, 5) is 26.7. The average Bonchev–Trinajstić information content (AvgIpc) is 3.65. The molecular weight excluding hydrogens is 633 g/mol. The molecule has 0 radical (unpaired) electrons. The number of alkyl halides is 3. The molecule has 1 amide bonds. The topological polar surface area (TPSA) is 134 Å². The molecule has 0 spiro atoms. The van der Waals surface area contributed by atoms with Gasteiger partial charge in [-0.25, -0.2) is 9.48 Å². The summed E-state index contributed by atoms with van der Waals surface area (Å²) in [5.74, 6) is -0.149. The summed E-state index contributed by atoms with van der Waals surface area (Å²) < 4.78 is 64.8. The molecule has 258 valence electrons. The van der Waals surface area contributed by atoms with Crippen molar-refractivity contribution < 1.29 is 41.4 Å². The van der Waals surface area contributed by atoms with E-state index in [2.05, 4.69) is 20.6 Å². The van der Waals surface area contributed by atoms with Gasteiger partial charge in [-0.1, -0.05) is 24.3 Å². The van der Waals surface area contributed by atoms with E-state index in [1.807, 2.05) is 0 Å². The van der Waals surface area contributed by atoms with Crippen LogP contribution < -0.4 is 10.1 Å². The second-order valence-electron chi connectivity index (χ2n) is 12.8. The van der Waals surface area contributed by atoms with E-state index in [1.165, 1.54) is 12.0 Å². The maximum atomic E-state index is 13.9. The summed E-state index contributed by atoms with van der Waals surface area (Å²) >= 11 is 0. The van der Waals surface area contributed by atoms with Crippen LogP contribution in [-0.4, -0.2) is 74.9 Å². The molecule has 0 atom stereocenters. The fraction of sp³-hybridized carbons (Fsp3) is 0.424. The van der Waals surface area contributed by atoms with Crippen LogP contribution in [0.4, 0.5) is 18.0 Å². The summed E-state index contributed by atoms with van der Waals surface area (Å²) in [7, 11) is 1.47. The number of carbonyl (C=O) groups excluding carboxylic acids is 2. The number of carbonyl (C=O) groups is 2. The highest BCUT2D eigenvalue weighted by atomic mass is 19.4. The number of amides is 1. The summed E-state index contributed by atoms with van der Waals surface area (Å²) in [5, 5.41) is 14.8. The third-order valence-electron chi connectivity index (χ3n) is 6.41. The quantitative estimate of drug-likeness (QED) is 0.143. The molecule has 48 heavy (non-hydrogen) atoms. The molecule has 15 heteroatoms. The predicted molar refractivity (Wildman–Crippen MR) is 169 cm³/mol. The Hall–Kier alpha value is -4.92. The highest BCUT2D eigenvalue weighted by Crippen LogP contribution is 2.35. The maximum Gasteiger partial charge on any atom is 0.435 e. The molecule has 0 saturated heterocycles. The van der Waals surface area contributed by atoms with Gasteiger partial charge in [0.2, 0.25) is 0 Å². The highest BCUT2D eigenvalue weighted by Gasteiger charge is 2.36. The van der Waals surface area contributed by atoms with Crippen LogP contribution in [0.5, 0.6) is 5.75 Å². The van der Waals surface area contributed by atoms with E-state index in [0.717, 1.165) is 10.7 Å². The summed E-state index contributed by atoms with van der Waals surface area (Å²) in [5.41, 5.74) is -1.39. The fourth-order valence-electron chi connectivity index (χ4n) is 4.48. The molecule has 1 N–H and O–H groups in total. The van der Waals surface area contributed by atoms with E-state index in [9.17, 15) is 22.8 Å². The molecule has 0 fully saturated rings. The van der Waals surface area contributed by atoms with Gasteiger partial charge in [0.15, 0.2) is 5.69 Å². The lowest BCUT2D eigenvalue weighted by Gasteiger charge is -2.28. The number of hydrogen-bond donors (Lipinski definition) is 1. The first-order valence-corrected chi connectivity index (χ1v) is 15.1. The predicted octanol–water partition coefficient (Wildman–Crippen LogP) is 6.29. The molecule has 2 heterocycles. The minimum atomic E-state index is -4.76. The second kappa shape index (κ2) is 14.5. The zero-order valence-electron chi connectivity index (χ0n) is 27.8. The molecule has 4 aromatic rings. The molecule has 12 nitrogen and oxygen atoms in total. The summed E-state index contributed by atoms with van der Waals surface area (Å²) in [6.07, 6.45) is -5.37. The SMILES string of the molecule is COc1ccccc1-c1nnc(-c2cc(C(F)(F)F)nn2-c2cccc(CN(CCNCC(=O)OC(C)(C)C)C(=O)OC(C)(C)C)c2)o1. The van der Waals surface area contributed by atoms with Crippen LogP contribution in [-0.2, 0) is 27.0 Å². The van der Waals surface area contributed by atoms with Crippen molar-refractivity contribution >= 4 is 12.1 Å². The zero-order chi connectivity index (χ0) is 35.3. The number of halogens is 3. The van der Waals surface area contributed by atoms with Crippen LogP contribution in [0.2, 0.25) is 0 Å². The Balaban J connectivity index is 1.62. The molecule has 2 aromatic carbocycles. The Morgan fingerprint density at radius 2 is 1.60 bits per heavy atom. The van der Waals surface area contributed by atoms with Crippen molar-refractivity contribution in [3.8, 4) is 34.5 Å². The number of para-hydroxylation sites is 1. The fourth-order valence-corrected chi connectivity index (χ4v) is 4.48. The molecule has 0 aliphatic heterocycles. The van der Waals surface area contributed by atoms with Crippen LogP contribution in [0.25, 0.3) is 28.7 Å². The first kappa shape index (κ1) is 35.9. The third-order valence-corrected chi connectivity index (χ3v) is 6.41. The Bertz CT molecular complexity index is 1720. The van der Waals surface area contributed by atoms with Gasteiger partial charge in [0.1, 0.15) is 22.6 Å². The molecule has 0 unspecified atom stereocenters. The smallest absolute Gasteiger partial charge is 0.435 e. The van der Waals surface area contributed by atoms with Crippen molar-refractivity contribution in [1.29, 1.82) is 0 Å². The van der Waals surface area contributed by atoms with Crippen LogP contribution in [0, 0.1) is 0 Å². The van der Waals surface area contributed by atoms with Crippen LogP contribution >= 0.6 is 0 Å². The van der Waals surface area contributed by atoms with Gasteiger partial charge in [0.25, 0.3) is 11.8 Å². The van der Waals surface area contributed by atoms with E-state index in [4.69, 9.17) is 18.6 Å². The number of benzene rings is 2. The molecular formula is C33H39F3N6O6. The average molecular weight is 673 g/mol. The van der Waals surface area contributed by atoms with Gasteiger partial charge < -0.3 is 28.8 Å². The zero-order valence-corrected chi connectivity index (χ0v) is 27.8. The van der Waals surface area contributed by atoms with Gasteiger partial charge in [-0.3, -0.25) is 4.79 Å². The summed E-state index contributed by atoms with van der Waals surface area (Å²) in [6.45, 7) is 10.9. The van der Waals surface area contributed by atoms with Crippen molar-refractivity contribution in [2.45, 2.75) is 65.5 Å². The number of aromatic nitrogens is 4. The Morgan fingerprint density at radius 1 is 0.917 bits per heavy atom. The Labute approximate surface area is 276 Å². The first-order valence-electron chi connectivity index (χ1n) is 15.1. The van der Waals surface area contributed by atoms with E-state index in [-0.39, 0.29) is 49.3 Å². The Morgan fingerprint density at radius 3 is 2.27 bits per heavy atom. The lowest BCUT2D eigenvalue weighted by atomic mass is 10.2. The number of methoxy groups -OCH3 is 1. The van der Waals surface area contributed by atoms with Gasteiger partial charge in [-0.15, -0.1) is 10.2 Å². The minimum absolute atomic E-state index is 0.0398. The summed E-state index contributed by atoms with van der Waals surface area (Å²) in [6, 6.07) is 14.2. The lowest BCUT2D eigenvalue weighted by Crippen LogP contribution is -2.41. The molecule has 0 bridgehead atoms. The molecule has 0 saturated carbocycles. The van der Waals surface area contributed by atoms with Gasteiger partial charge in [0.05, 0.1) is 24.9 Å². The van der Waals surface area contributed by atoms with Crippen molar-refractivity contribution in [3.63, 3.8) is 0 Å². The Kier molecular flexibility index (Phi) is 10.8. The second-order valence-corrected chi connectivity index (χ2v) is 12.8. The standard InChI is InChI=1S/C33H39F3N6O6/c1-31(2,3)47-27(43)19-37-15-16-41(30(44)48-32(4,5)6)20-21-11-10-12-22(17-21)42-24(18-26(40-42)33(34,35)36)29-39-38-28(46-29)23-13-8-9-14-25(23)45-7/h8-14,17-18,37H,15-16,19-20H2,1-7H3. The highest BCUT2D eigenvalue weighted by molar-refractivity contribution is 5.72. The monoisotopic (exact) mass is 672 g/mol. The molecule has 0 aliphatic carbocycles. The van der Waals surface area contributed by atoms with E-state index in [0.29, 0.717) is 16.9 Å². The minimum Gasteiger partial charge on any atom is -0.496 e. The molecule has 2 aromatic heterocycles. The van der Waals surface area contributed by atoms with Crippen LogP contribution in [0.1, 0.15) is 52.8 Å². The largest absolute Gasteiger partial charge is 0.496 e. The molecule has 0 aliphatic rings. The molecule has 4 rings (SSSR count). The lowest BCUT2D eigenvalue weighted by molar-refractivity contribution is -0.153. The number of rotatable bonds is 11. The van der Waals surface area contributed by atoms with Gasteiger partial charge in [0, 0.05) is 25.7 Å². The number of nitrogens with one attached hydrogen (secondary N) is 1. The third kappa shape index (κ3) is 9.80. The van der Waals surface area contributed by atoms with Gasteiger partial charge in [-0.05, 0) is 71.4 Å². The van der Waals surface area contributed by atoms with Crippen molar-refractivity contribution in [2.24, 2.45) is 0 Å². The van der Waals surface area contributed by atoms with E-state index < -0.39 is 35.1 Å². The van der Waals surface area contributed by atoms with Gasteiger partial charge in [-0.2, -0.15) is 18.3 Å². The van der Waals surface area contributed by atoms with Crippen molar-refractivity contribution in [1.82, 2.24) is 30.2 Å². The number of esters is 1. The van der Waals surface area contributed by atoms with Gasteiger partial charge >= 0.3 is 18.2 Å². The van der Waals surface area contributed by atoms with Crippen molar-refractivity contribution in [2.75, 3.05) is 26.7 Å². The maximum absolute atomic E-state index is 13.9. The van der Waals surface area contributed by atoms with Crippen molar-refractivity contribution in [3.05, 3.63) is 65.9 Å². The van der Waals surface area contributed by atoms with E-state index in [1.54, 1.807) is 90.1 Å².